The van der Waals surface area contributed by atoms with E-state index >= 15 is 0 Å². The Morgan fingerprint density at radius 2 is 1.80 bits per heavy atom. The first-order valence-electron chi connectivity index (χ1n) is 10.5. The third-order valence-electron chi connectivity index (χ3n) is 6.24. The summed E-state index contributed by atoms with van der Waals surface area (Å²) in [7, 11) is 2.16. The molecule has 1 heterocycles. The Labute approximate surface area is 175 Å². The third-order valence-corrected chi connectivity index (χ3v) is 6.24. The van der Waals surface area contributed by atoms with Crippen molar-refractivity contribution in [1.82, 2.24) is 10.2 Å². The Kier molecular flexibility index (Phi) is 5.98. The average molecular weight is 416 g/mol. The molecule has 0 amide bonds. The second kappa shape index (κ2) is 8.52. The average Bonchev–Trinajstić information content (AvgIpc) is 3.49. The monoisotopic (exact) mass is 416 g/mol. The molecule has 160 valence electrons. The molecule has 0 radical (unpaired) electrons. The van der Waals surface area contributed by atoms with Crippen molar-refractivity contribution in [3.8, 4) is 0 Å². The lowest BCUT2D eigenvalue weighted by molar-refractivity contribution is -0.137. The normalized spacial score (nSPS) is 22.8. The number of alkyl halides is 3. The fourth-order valence-corrected chi connectivity index (χ4v) is 4.26. The highest BCUT2D eigenvalue weighted by Crippen LogP contribution is 2.41. The molecule has 1 N–H and O–H groups in total. The van der Waals surface area contributed by atoms with E-state index < -0.39 is 11.7 Å². The molecule has 6 heteroatoms. The number of hydrogen-bond donors (Lipinski definition) is 1. The molecule has 2 aromatic rings. The fraction of sp³-hybridized carbons (Fsp3) is 0.458. The van der Waals surface area contributed by atoms with Crippen LogP contribution in [0, 0.1) is 0 Å². The molecular weight excluding hydrogens is 389 g/mol. The number of nitrogens with zero attached hydrogens (tertiary/aromatic N) is 1. The predicted molar refractivity (Wildman–Crippen MR) is 111 cm³/mol. The van der Waals surface area contributed by atoms with Crippen LogP contribution in [0.4, 0.5) is 13.2 Å². The van der Waals surface area contributed by atoms with Gasteiger partial charge in [-0.25, -0.2) is 0 Å². The summed E-state index contributed by atoms with van der Waals surface area (Å²) in [5, 5.41) is 3.77. The van der Waals surface area contributed by atoms with E-state index in [1.807, 2.05) is 12.1 Å². The van der Waals surface area contributed by atoms with Gasteiger partial charge in [0.2, 0.25) is 0 Å². The van der Waals surface area contributed by atoms with E-state index in [4.69, 9.17) is 0 Å². The molecule has 2 unspecified atom stereocenters. The van der Waals surface area contributed by atoms with Crippen molar-refractivity contribution in [2.45, 2.75) is 49.9 Å². The van der Waals surface area contributed by atoms with E-state index in [-0.39, 0.29) is 17.8 Å². The van der Waals surface area contributed by atoms with Gasteiger partial charge in [-0.15, -0.1) is 0 Å². The number of benzene rings is 2. The Balaban J connectivity index is 1.32. The summed E-state index contributed by atoms with van der Waals surface area (Å²) in [5.41, 5.74) is 1.39. The van der Waals surface area contributed by atoms with Crippen molar-refractivity contribution in [3.63, 3.8) is 0 Å². The van der Waals surface area contributed by atoms with Gasteiger partial charge < -0.3 is 10.2 Å². The van der Waals surface area contributed by atoms with E-state index in [1.165, 1.54) is 30.5 Å². The molecule has 3 nitrogen and oxygen atoms in total. The maximum Gasteiger partial charge on any atom is 0.416 e. The SMILES string of the molecule is CN1CCC(NC2CC2c2ccc(CC(=O)c3cccc(C(F)(F)F)c3)cc2)CC1. The van der Waals surface area contributed by atoms with Crippen LogP contribution >= 0.6 is 0 Å². The lowest BCUT2D eigenvalue weighted by Crippen LogP contribution is -2.41. The molecule has 1 aliphatic carbocycles. The van der Waals surface area contributed by atoms with E-state index in [9.17, 15) is 18.0 Å². The van der Waals surface area contributed by atoms with Crippen molar-refractivity contribution in [3.05, 3.63) is 70.8 Å². The van der Waals surface area contributed by atoms with Crippen LogP contribution in [0.15, 0.2) is 48.5 Å². The Hall–Kier alpha value is -2.18. The van der Waals surface area contributed by atoms with Crippen LogP contribution in [-0.2, 0) is 12.6 Å². The first-order valence-corrected chi connectivity index (χ1v) is 10.5. The highest BCUT2D eigenvalue weighted by Gasteiger charge is 2.39. The third kappa shape index (κ3) is 5.10. The van der Waals surface area contributed by atoms with Crippen molar-refractivity contribution in [1.29, 1.82) is 0 Å². The Morgan fingerprint density at radius 1 is 1.10 bits per heavy atom. The van der Waals surface area contributed by atoms with Crippen molar-refractivity contribution in [2.75, 3.05) is 20.1 Å². The quantitative estimate of drug-likeness (QED) is 0.695. The predicted octanol–water partition coefficient (Wildman–Crippen LogP) is 4.67. The minimum Gasteiger partial charge on any atom is -0.311 e. The zero-order valence-electron chi connectivity index (χ0n) is 17.1. The van der Waals surface area contributed by atoms with Gasteiger partial charge in [0.25, 0.3) is 0 Å². The molecule has 1 saturated heterocycles. The largest absolute Gasteiger partial charge is 0.416 e. The number of hydrogen-bond acceptors (Lipinski definition) is 3. The van der Waals surface area contributed by atoms with Crippen LogP contribution in [0.5, 0.6) is 0 Å². The number of halogens is 3. The molecule has 4 rings (SSSR count). The van der Waals surface area contributed by atoms with Gasteiger partial charge in [-0.2, -0.15) is 13.2 Å². The first kappa shape index (κ1) is 21.1. The van der Waals surface area contributed by atoms with Crippen molar-refractivity contribution < 1.29 is 18.0 Å². The van der Waals surface area contributed by atoms with Crippen LogP contribution in [0.25, 0.3) is 0 Å². The van der Waals surface area contributed by atoms with Gasteiger partial charge in [0.05, 0.1) is 5.56 Å². The molecule has 1 saturated carbocycles. The topological polar surface area (TPSA) is 32.3 Å². The summed E-state index contributed by atoms with van der Waals surface area (Å²) < 4.78 is 38.6. The Morgan fingerprint density at radius 3 is 2.47 bits per heavy atom. The second-order valence-electron chi connectivity index (χ2n) is 8.61. The summed E-state index contributed by atoms with van der Waals surface area (Å²) in [6.07, 6.45) is -0.828. The Bertz CT molecular complexity index is 886. The first-order chi connectivity index (χ1) is 14.3. The summed E-state index contributed by atoms with van der Waals surface area (Å²) in [5.74, 6) is 0.208. The smallest absolute Gasteiger partial charge is 0.311 e. The van der Waals surface area contributed by atoms with Gasteiger partial charge in [0.1, 0.15) is 0 Å². The number of rotatable bonds is 6. The molecule has 0 spiro atoms. The minimum atomic E-state index is -4.44. The number of carbonyl (C=O) groups excluding carboxylic acids is 1. The zero-order chi connectivity index (χ0) is 21.3. The van der Waals surface area contributed by atoms with Gasteiger partial charge in [-0.1, -0.05) is 36.4 Å². The number of piperidine rings is 1. The van der Waals surface area contributed by atoms with Crippen LogP contribution in [0.2, 0.25) is 0 Å². The lowest BCUT2D eigenvalue weighted by atomic mass is 9.99. The van der Waals surface area contributed by atoms with Crippen LogP contribution in [0.3, 0.4) is 0 Å². The number of carbonyl (C=O) groups is 1. The molecule has 2 atom stereocenters. The maximum atomic E-state index is 12.9. The highest BCUT2D eigenvalue weighted by atomic mass is 19.4. The van der Waals surface area contributed by atoms with Crippen LogP contribution in [-0.4, -0.2) is 42.9 Å². The summed E-state index contributed by atoms with van der Waals surface area (Å²) in [6.45, 7) is 2.29. The number of nitrogens with one attached hydrogen (secondary N) is 1. The lowest BCUT2D eigenvalue weighted by Gasteiger charge is -2.29. The molecule has 2 aliphatic rings. The molecule has 0 aromatic heterocycles. The number of likely N-dealkylation sites (tertiary alicyclic amines) is 1. The summed E-state index contributed by atoms with van der Waals surface area (Å²) in [4.78, 5) is 14.8. The number of Topliss-reactive ketones (excluding diaryl/α,β-unsaturated/α-hetero) is 1. The van der Waals surface area contributed by atoms with E-state index in [0.717, 1.165) is 37.2 Å². The summed E-state index contributed by atoms with van der Waals surface area (Å²) in [6, 6.07) is 13.7. The zero-order valence-corrected chi connectivity index (χ0v) is 17.1. The molecule has 2 fully saturated rings. The van der Waals surface area contributed by atoms with E-state index in [0.29, 0.717) is 18.0 Å². The maximum absolute atomic E-state index is 12.9. The standard InChI is InChI=1S/C24H27F3N2O/c1-29-11-9-20(10-12-29)28-22-15-21(22)17-7-5-16(6-8-17)13-23(30)18-3-2-4-19(14-18)24(25,26)27/h2-8,14,20-22,28H,9-13,15H2,1H3. The van der Waals surface area contributed by atoms with Gasteiger partial charge in [0, 0.05) is 30.0 Å². The summed E-state index contributed by atoms with van der Waals surface area (Å²) >= 11 is 0. The van der Waals surface area contributed by atoms with Crippen molar-refractivity contribution in [2.24, 2.45) is 0 Å². The second-order valence-corrected chi connectivity index (χ2v) is 8.61. The van der Waals surface area contributed by atoms with Gasteiger partial charge in [-0.05, 0) is 62.7 Å². The van der Waals surface area contributed by atoms with Gasteiger partial charge >= 0.3 is 6.18 Å². The van der Waals surface area contributed by atoms with Gasteiger partial charge in [-0.3, -0.25) is 4.79 Å². The van der Waals surface area contributed by atoms with E-state index in [2.05, 4.69) is 29.4 Å². The van der Waals surface area contributed by atoms with Crippen LogP contribution < -0.4 is 5.32 Å². The number of ketones is 1. The highest BCUT2D eigenvalue weighted by molar-refractivity contribution is 5.97. The van der Waals surface area contributed by atoms with Gasteiger partial charge in [0.15, 0.2) is 5.78 Å². The fourth-order valence-electron chi connectivity index (χ4n) is 4.26. The minimum absolute atomic E-state index is 0.0958. The van der Waals surface area contributed by atoms with Crippen molar-refractivity contribution >= 4 is 5.78 Å². The van der Waals surface area contributed by atoms with Crippen LogP contribution in [0.1, 0.15) is 52.2 Å². The molecule has 0 bridgehead atoms. The van der Waals surface area contributed by atoms with E-state index in [1.54, 1.807) is 0 Å². The molecule has 1 aliphatic heterocycles. The molecule has 30 heavy (non-hydrogen) atoms. The molecule has 2 aromatic carbocycles. The molecular formula is C24H27F3N2O.